The lowest BCUT2D eigenvalue weighted by Crippen LogP contribution is -2.58. The number of fused-ring (bicyclic) bond motifs is 7. The van der Waals surface area contributed by atoms with Crippen LogP contribution < -0.4 is 15.0 Å². The number of pyridine rings is 1. The van der Waals surface area contributed by atoms with Gasteiger partial charge in [0.1, 0.15) is 35.6 Å². The molecular weight excluding hydrogens is 589 g/mol. The maximum atomic E-state index is 17.2. The van der Waals surface area contributed by atoms with Crippen LogP contribution in [0.2, 0.25) is 0 Å². The molecule has 0 aliphatic carbocycles. The van der Waals surface area contributed by atoms with Gasteiger partial charge in [-0.15, -0.1) is 0 Å². The second kappa shape index (κ2) is 10.5. The van der Waals surface area contributed by atoms with Crippen LogP contribution in [-0.4, -0.2) is 75.9 Å². The standard InChI is InChI=1S/C36H39F3N6O/c1-19-7-12-27-26-11-9-23(40-26)17-45(27)34-29-31(19)41-32(24-6-3-5-21-8-10-25(38)20(2)28(21)24)30(39)33(29)42-35(43-34)46-18-36-13-4-14-44(36)16-22(37)15-36/h3,5-6,8,10,19,22-23,26-27,40H,4,7,9,11-18H2,1-2H3/t19-,22+,23+,26-,27+,36-/m0/s1. The highest BCUT2D eigenvalue weighted by molar-refractivity contribution is 6.01. The Kier molecular flexibility index (Phi) is 6.55. The van der Waals surface area contributed by atoms with E-state index in [0.29, 0.717) is 52.8 Å². The summed E-state index contributed by atoms with van der Waals surface area (Å²) >= 11 is 0. The topological polar surface area (TPSA) is 66.4 Å². The van der Waals surface area contributed by atoms with Crippen molar-refractivity contribution < 1.29 is 17.9 Å². The number of rotatable bonds is 4. The van der Waals surface area contributed by atoms with E-state index in [1.54, 1.807) is 13.0 Å². The number of hydrogen-bond acceptors (Lipinski definition) is 7. The fourth-order valence-corrected chi connectivity index (χ4v) is 9.39. The summed E-state index contributed by atoms with van der Waals surface area (Å²) in [6.45, 7) is 6.19. The van der Waals surface area contributed by atoms with Gasteiger partial charge in [-0.25, -0.2) is 18.2 Å². The van der Waals surface area contributed by atoms with Gasteiger partial charge in [0.2, 0.25) is 0 Å². The molecule has 5 aliphatic rings. The molecule has 0 spiro atoms. The van der Waals surface area contributed by atoms with E-state index >= 15 is 4.39 Å². The summed E-state index contributed by atoms with van der Waals surface area (Å²) in [5.74, 6) is -0.197. The second-order valence-electron chi connectivity index (χ2n) is 14.4. The molecule has 0 saturated carbocycles. The number of ether oxygens (including phenoxy) is 1. The van der Waals surface area contributed by atoms with Crippen molar-refractivity contribution in [2.75, 3.05) is 31.1 Å². The van der Waals surface area contributed by atoms with E-state index in [4.69, 9.17) is 19.7 Å². The molecule has 7 nitrogen and oxygen atoms in total. The van der Waals surface area contributed by atoms with E-state index in [2.05, 4.69) is 22.0 Å². The predicted molar refractivity (Wildman–Crippen MR) is 172 cm³/mol. The SMILES string of the molecule is Cc1c(F)ccc2cccc(-c3nc4c5c(nc(OC[C@@]67CCCN6C[C@H](F)C7)nc5c3F)N3C[C@H]5CC[C@H](N5)[C@H]3CC[C@@H]4C)c12. The predicted octanol–water partition coefficient (Wildman–Crippen LogP) is 6.59. The molecule has 2 aromatic carbocycles. The summed E-state index contributed by atoms with van der Waals surface area (Å²) in [7, 11) is 0. The van der Waals surface area contributed by atoms with Crippen molar-refractivity contribution in [2.24, 2.45) is 0 Å². The summed E-state index contributed by atoms with van der Waals surface area (Å²) in [6.07, 6.45) is 5.46. The highest BCUT2D eigenvalue weighted by Gasteiger charge is 2.50. The Morgan fingerprint density at radius 1 is 1.02 bits per heavy atom. The van der Waals surface area contributed by atoms with E-state index < -0.39 is 12.0 Å². The molecule has 0 amide bonds. The highest BCUT2D eigenvalue weighted by atomic mass is 19.1. The molecule has 6 atom stereocenters. The molecule has 4 saturated heterocycles. The zero-order chi connectivity index (χ0) is 31.3. The van der Waals surface area contributed by atoms with Gasteiger partial charge < -0.3 is 15.0 Å². The summed E-state index contributed by atoms with van der Waals surface area (Å²) in [5, 5.41) is 5.91. The van der Waals surface area contributed by atoms with E-state index in [-0.39, 0.29) is 47.1 Å². The van der Waals surface area contributed by atoms with Gasteiger partial charge in [0.15, 0.2) is 5.82 Å². The molecule has 4 aromatic rings. The van der Waals surface area contributed by atoms with Crippen LogP contribution in [0.4, 0.5) is 19.0 Å². The Balaban J connectivity index is 1.26. The third kappa shape index (κ3) is 4.28. The Hall–Kier alpha value is -3.50. The Bertz CT molecular complexity index is 1890. The third-order valence-electron chi connectivity index (χ3n) is 11.7. The number of aromatic nitrogens is 3. The average molecular weight is 629 g/mol. The average Bonchev–Trinajstić information content (AvgIpc) is 3.72. The van der Waals surface area contributed by atoms with Crippen molar-refractivity contribution in [3.8, 4) is 17.3 Å². The molecule has 2 aromatic heterocycles. The lowest BCUT2D eigenvalue weighted by Gasteiger charge is -2.44. The second-order valence-corrected chi connectivity index (χ2v) is 14.4. The number of nitrogens with one attached hydrogen (secondary N) is 1. The van der Waals surface area contributed by atoms with E-state index in [1.165, 1.54) is 6.07 Å². The summed E-state index contributed by atoms with van der Waals surface area (Å²) in [5.41, 5.74) is 1.73. The van der Waals surface area contributed by atoms with Gasteiger partial charge in [-0.3, -0.25) is 4.90 Å². The zero-order valence-corrected chi connectivity index (χ0v) is 26.3. The van der Waals surface area contributed by atoms with Crippen LogP contribution in [0, 0.1) is 18.6 Å². The minimum Gasteiger partial charge on any atom is -0.461 e. The first kappa shape index (κ1) is 28.7. The zero-order valence-electron chi connectivity index (χ0n) is 26.3. The van der Waals surface area contributed by atoms with Crippen molar-refractivity contribution >= 4 is 27.5 Å². The number of aryl methyl sites for hydroxylation is 1. The van der Waals surface area contributed by atoms with Gasteiger partial charge in [-0.1, -0.05) is 31.2 Å². The number of hydrogen-bond donors (Lipinski definition) is 1. The maximum absolute atomic E-state index is 17.2. The summed E-state index contributed by atoms with van der Waals surface area (Å²) in [4.78, 5) is 19.5. The molecule has 2 bridgehead atoms. The molecule has 0 radical (unpaired) electrons. The molecule has 5 aliphatic heterocycles. The van der Waals surface area contributed by atoms with Crippen LogP contribution >= 0.6 is 0 Å². The van der Waals surface area contributed by atoms with Gasteiger partial charge >= 0.3 is 6.01 Å². The third-order valence-corrected chi connectivity index (χ3v) is 11.7. The van der Waals surface area contributed by atoms with Crippen LogP contribution in [0.5, 0.6) is 6.01 Å². The van der Waals surface area contributed by atoms with Gasteiger partial charge in [0, 0.05) is 43.2 Å². The van der Waals surface area contributed by atoms with Crippen molar-refractivity contribution in [1.82, 2.24) is 25.2 Å². The highest BCUT2D eigenvalue weighted by Crippen LogP contribution is 2.45. The molecular formula is C36H39F3N6O. The lowest BCUT2D eigenvalue weighted by atomic mass is 9.88. The number of benzene rings is 2. The number of piperazine rings is 1. The van der Waals surface area contributed by atoms with E-state index in [9.17, 15) is 8.78 Å². The van der Waals surface area contributed by atoms with E-state index in [0.717, 1.165) is 62.7 Å². The number of halogens is 3. The van der Waals surface area contributed by atoms with Crippen molar-refractivity contribution in [2.45, 2.75) is 94.5 Å². The van der Waals surface area contributed by atoms with Crippen molar-refractivity contribution in [1.29, 1.82) is 0 Å². The Morgan fingerprint density at radius 2 is 1.91 bits per heavy atom. The van der Waals surface area contributed by atoms with Crippen LogP contribution in [0.15, 0.2) is 30.3 Å². The fourth-order valence-electron chi connectivity index (χ4n) is 9.39. The summed E-state index contributed by atoms with van der Waals surface area (Å²) < 4.78 is 53.1. The fraction of sp³-hybridized carbons (Fsp3) is 0.528. The van der Waals surface area contributed by atoms with Gasteiger partial charge in [0.05, 0.1) is 16.6 Å². The molecule has 7 heterocycles. The largest absolute Gasteiger partial charge is 0.461 e. The monoisotopic (exact) mass is 628 g/mol. The number of nitrogens with zero attached hydrogens (tertiary/aromatic N) is 5. The van der Waals surface area contributed by atoms with Crippen LogP contribution in [-0.2, 0) is 0 Å². The molecule has 46 heavy (non-hydrogen) atoms. The van der Waals surface area contributed by atoms with Crippen LogP contribution in [0.3, 0.4) is 0 Å². The molecule has 1 N–H and O–H groups in total. The van der Waals surface area contributed by atoms with Crippen LogP contribution in [0.25, 0.3) is 32.9 Å². The van der Waals surface area contributed by atoms with Gasteiger partial charge in [0.25, 0.3) is 0 Å². The van der Waals surface area contributed by atoms with Gasteiger partial charge in [-0.05, 0) is 80.3 Å². The van der Waals surface area contributed by atoms with Crippen molar-refractivity contribution in [3.05, 3.63) is 53.2 Å². The Labute approximate surface area is 266 Å². The first-order valence-corrected chi connectivity index (χ1v) is 16.9. The number of anilines is 1. The van der Waals surface area contributed by atoms with Crippen LogP contribution in [0.1, 0.15) is 69.0 Å². The normalized spacial score (nSPS) is 30.5. The minimum atomic E-state index is -0.879. The molecule has 9 rings (SSSR count). The molecule has 10 heteroatoms. The first-order valence-electron chi connectivity index (χ1n) is 16.9. The minimum absolute atomic E-state index is 0.0240. The number of alkyl halides is 1. The van der Waals surface area contributed by atoms with Gasteiger partial charge in [-0.2, -0.15) is 9.97 Å². The quantitative estimate of drug-likeness (QED) is 0.274. The molecule has 4 fully saturated rings. The molecule has 0 unspecified atom stereocenters. The smallest absolute Gasteiger partial charge is 0.319 e. The molecule has 240 valence electrons. The lowest BCUT2D eigenvalue weighted by molar-refractivity contribution is 0.107. The summed E-state index contributed by atoms with van der Waals surface area (Å²) in [6, 6.07) is 9.79. The first-order chi connectivity index (χ1) is 22.3. The Morgan fingerprint density at radius 3 is 2.80 bits per heavy atom. The van der Waals surface area contributed by atoms with E-state index in [1.807, 2.05) is 18.2 Å². The van der Waals surface area contributed by atoms with Crippen molar-refractivity contribution in [3.63, 3.8) is 0 Å². The maximum Gasteiger partial charge on any atom is 0.319 e.